The molecule has 0 atom stereocenters. The Bertz CT molecular complexity index is 611. The van der Waals surface area contributed by atoms with Crippen LogP contribution in [0.2, 0.25) is 0 Å². The first-order valence-electron chi connectivity index (χ1n) is 6.66. The maximum atomic E-state index is 12.3. The fourth-order valence-electron chi connectivity index (χ4n) is 1.95. The highest BCUT2D eigenvalue weighted by atomic mass is 19.4. The largest absolute Gasteiger partial charge is 0.468 e. The fraction of sp³-hybridized carbons (Fsp3) is 0.400. The molecule has 1 aromatic carbocycles. The van der Waals surface area contributed by atoms with Crippen molar-refractivity contribution in [1.29, 1.82) is 0 Å². The second-order valence-corrected chi connectivity index (χ2v) is 5.07. The molecule has 0 amide bonds. The highest BCUT2D eigenvalue weighted by Crippen LogP contribution is 2.27. The van der Waals surface area contributed by atoms with Crippen molar-refractivity contribution in [2.75, 3.05) is 6.61 Å². The minimum Gasteiger partial charge on any atom is -0.468 e. The van der Waals surface area contributed by atoms with Crippen molar-refractivity contribution < 1.29 is 17.9 Å². The van der Waals surface area contributed by atoms with Gasteiger partial charge in [0.15, 0.2) is 6.61 Å². The van der Waals surface area contributed by atoms with E-state index in [1.807, 2.05) is 26.0 Å². The first kappa shape index (κ1) is 15.6. The monoisotopic (exact) mass is 298 g/mol. The topological polar surface area (TPSA) is 34.2 Å². The summed E-state index contributed by atoms with van der Waals surface area (Å²) < 4.78 is 41.6. The van der Waals surface area contributed by atoms with Crippen LogP contribution >= 0.6 is 0 Å². The van der Waals surface area contributed by atoms with Gasteiger partial charge in [-0.2, -0.15) is 13.2 Å². The summed E-state index contributed by atoms with van der Waals surface area (Å²) in [4.78, 5) is 4.03. The van der Waals surface area contributed by atoms with Crippen molar-refractivity contribution in [3.63, 3.8) is 0 Å². The molecule has 114 valence electrons. The summed E-state index contributed by atoms with van der Waals surface area (Å²) in [6, 6.07) is 7.48. The van der Waals surface area contributed by atoms with Crippen molar-refractivity contribution in [3.05, 3.63) is 36.0 Å². The third-order valence-electron chi connectivity index (χ3n) is 2.91. The molecule has 0 aliphatic rings. The minimum absolute atomic E-state index is 0.0104. The van der Waals surface area contributed by atoms with Crippen LogP contribution in [0.5, 0.6) is 5.88 Å². The number of pyridine rings is 1. The first-order chi connectivity index (χ1) is 9.87. The molecule has 3 nitrogen and oxygen atoms in total. The van der Waals surface area contributed by atoms with Gasteiger partial charge in [0.25, 0.3) is 0 Å². The summed E-state index contributed by atoms with van der Waals surface area (Å²) in [5, 5.41) is 4.70. The third-order valence-corrected chi connectivity index (χ3v) is 2.91. The fourth-order valence-corrected chi connectivity index (χ4v) is 1.95. The van der Waals surface area contributed by atoms with Gasteiger partial charge in [-0.3, -0.25) is 0 Å². The maximum absolute atomic E-state index is 12.3. The zero-order valence-electron chi connectivity index (χ0n) is 11.9. The lowest BCUT2D eigenvalue weighted by Gasteiger charge is -2.14. The molecule has 0 unspecified atom stereocenters. The summed E-state index contributed by atoms with van der Waals surface area (Å²) in [6.45, 7) is 3.31. The second kappa shape index (κ2) is 6.30. The van der Waals surface area contributed by atoms with Crippen LogP contribution in [0.25, 0.3) is 10.8 Å². The quantitative estimate of drug-likeness (QED) is 0.914. The lowest BCUT2D eigenvalue weighted by atomic mass is 10.1. The molecule has 2 rings (SSSR count). The number of hydrogen-bond donors (Lipinski definition) is 1. The third kappa shape index (κ3) is 4.32. The number of rotatable bonds is 5. The zero-order chi connectivity index (χ0) is 15.5. The smallest absolute Gasteiger partial charge is 0.422 e. The van der Waals surface area contributed by atoms with Crippen molar-refractivity contribution in [1.82, 2.24) is 10.3 Å². The average Bonchev–Trinajstić information content (AvgIpc) is 2.42. The molecule has 0 bridgehead atoms. The highest BCUT2D eigenvalue weighted by Gasteiger charge is 2.29. The van der Waals surface area contributed by atoms with Crippen molar-refractivity contribution in [2.45, 2.75) is 32.6 Å². The van der Waals surface area contributed by atoms with Gasteiger partial charge in [0.05, 0.1) is 0 Å². The molecule has 2 aromatic rings. The van der Waals surface area contributed by atoms with Crippen LogP contribution in [0.3, 0.4) is 0 Å². The summed E-state index contributed by atoms with van der Waals surface area (Å²) in [5.41, 5.74) is 0.929. The van der Waals surface area contributed by atoms with Crippen LogP contribution < -0.4 is 10.1 Å². The van der Waals surface area contributed by atoms with E-state index in [0.717, 1.165) is 10.9 Å². The Morgan fingerprint density at radius 1 is 1.19 bits per heavy atom. The Morgan fingerprint density at radius 3 is 2.48 bits per heavy atom. The normalized spacial score (nSPS) is 12.1. The van der Waals surface area contributed by atoms with Crippen LogP contribution in [-0.2, 0) is 6.54 Å². The Morgan fingerprint density at radius 2 is 1.86 bits per heavy atom. The molecule has 0 radical (unpaired) electrons. The van der Waals surface area contributed by atoms with Gasteiger partial charge in [0.2, 0.25) is 5.88 Å². The van der Waals surface area contributed by atoms with Crippen molar-refractivity contribution in [2.24, 2.45) is 0 Å². The molecule has 1 aromatic heterocycles. The van der Waals surface area contributed by atoms with Gasteiger partial charge >= 0.3 is 6.18 Å². The molecule has 21 heavy (non-hydrogen) atoms. The molecule has 6 heteroatoms. The predicted molar refractivity (Wildman–Crippen MR) is 75.3 cm³/mol. The molecule has 0 spiro atoms. The van der Waals surface area contributed by atoms with Crippen LogP contribution in [0.15, 0.2) is 30.5 Å². The molecular weight excluding hydrogens is 281 g/mol. The minimum atomic E-state index is -4.37. The van der Waals surface area contributed by atoms with Crippen molar-refractivity contribution in [3.8, 4) is 5.88 Å². The van der Waals surface area contributed by atoms with Crippen LogP contribution in [0.1, 0.15) is 19.4 Å². The standard InChI is InChI=1S/C15H17F3N2O/c1-10(2)19-7-11-8-20-14(21-9-15(16,17)18)13-6-4-3-5-12(11)13/h3-6,8,10,19H,7,9H2,1-2H3. The molecule has 0 aliphatic heterocycles. The first-order valence-corrected chi connectivity index (χ1v) is 6.66. The number of benzene rings is 1. The average molecular weight is 298 g/mol. The van der Waals surface area contributed by atoms with Gasteiger partial charge in [0.1, 0.15) is 0 Å². The number of halogens is 3. The van der Waals surface area contributed by atoms with Crippen molar-refractivity contribution >= 4 is 10.8 Å². The van der Waals surface area contributed by atoms with Gasteiger partial charge < -0.3 is 10.1 Å². The number of ether oxygens (including phenoxy) is 1. The van der Waals surface area contributed by atoms with E-state index in [1.165, 1.54) is 0 Å². The highest BCUT2D eigenvalue weighted by molar-refractivity contribution is 5.89. The van der Waals surface area contributed by atoms with Gasteiger partial charge in [0, 0.05) is 24.2 Å². The molecule has 1 N–H and O–H groups in total. The summed E-state index contributed by atoms with van der Waals surface area (Å²) in [6.07, 6.45) is -2.82. The lowest BCUT2D eigenvalue weighted by molar-refractivity contribution is -0.153. The maximum Gasteiger partial charge on any atom is 0.422 e. The molecule has 0 saturated heterocycles. The Kier molecular flexibility index (Phi) is 4.67. The number of aromatic nitrogens is 1. The van der Waals surface area contributed by atoms with E-state index in [0.29, 0.717) is 18.0 Å². The molecule has 0 fully saturated rings. The van der Waals surface area contributed by atoms with E-state index in [4.69, 9.17) is 4.74 Å². The number of alkyl halides is 3. The number of nitrogens with one attached hydrogen (secondary N) is 1. The SMILES string of the molecule is CC(C)NCc1cnc(OCC(F)(F)F)c2ccccc12. The lowest BCUT2D eigenvalue weighted by Crippen LogP contribution is -2.22. The van der Waals surface area contributed by atoms with E-state index >= 15 is 0 Å². The van der Waals surface area contributed by atoms with E-state index in [9.17, 15) is 13.2 Å². The van der Waals surface area contributed by atoms with Crippen LogP contribution in [-0.4, -0.2) is 23.8 Å². The van der Waals surface area contributed by atoms with Gasteiger partial charge in [-0.15, -0.1) is 0 Å². The van der Waals surface area contributed by atoms with E-state index in [2.05, 4.69) is 10.3 Å². The van der Waals surface area contributed by atoms with Crippen LogP contribution in [0, 0.1) is 0 Å². The predicted octanol–water partition coefficient (Wildman–Crippen LogP) is 3.67. The summed E-state index contributed by atoms with van der Waals surface area (Å²) in [7, 11) is 0. The Hall–Kier alpha value is -1.82. The Labute approximate surface area is 121 Å². The summed E-state index contributed by atoms with van der Waals surface area (Å²) >= 11 is 0. The molecule has 0 saturated carbocycles. The van der Waals surface area contributed by atoms with E-state index < -0.39 is 12.8 Å². The van der Waals surface area contributed by atoms with Crippen LogP contribution in [0.4, 0.5) is 13.2 Å². The molecular formula is C15H17F3N2O. The molecule has 0 aliphatic carbocycles. The van der Waals surface area contributed by atoms with E-state index in [-0.39, 0.29) is 5.88 Å². The molecule has 1 heterocycles. The summed E-state index contributed by atoms with van der Waals surface area (Å²) in [5.74, 6) is 0.0104. The van der Waals surface area contributed by atoms with Gasteiger partial charge in [-0.25, -0.2) is 4.98 Å². The Balaban J connectivity index is 2.31. The van der Waals surface area contributed by atoms with E-state index in [1.54, 1.807) is 18.3 Å². The number of fused-ring (bicyclic) bond motifs is 1. The number of hydrogen-bond acceptors (Lipinski definition) is 3. The number of nitrogens with zero attached hydrogens (tertiary/aromatic N) is 1. The second-order valence-electron chi connectivity index (χ2n) is 5.07. The van der Waals surface area contributed by atoms with Gasteiger partial charge in [-0.1, -0.05) is 32.0 Å². The zero-order valence-corrected chi connectivity index (χ0v) is 11.9. The van der Waals surface area contributed by atoms with Gasteiger partial charge in [-0.05, 0) is 17.0 Å².